The van der Waals surface area contributed by atoms with Gasteiger partial charge in [0.15, 0.2) is 0 Å². The highest BCUT2D eigenvalue weighted by Crippen LogP contribution is 2.05. The van der Waals surface area contributed by atoms with E-state index in [-0.39, 0.29) is 0 Å². The average molecular weight is 250 g/mol. The molecule has 0 amide bonds. The standard InChI is InChI=1S/C15H26N2O/c1-18-14-13-17(12-10-16)11-6-5-9-15-7-3-2-4-8-15/h2-4,7-8H,5-6,9-14,16H2,1H3. The molecule has 2 N–H and O–H groups in total. The van der Waals surface area contributed by atoms with Crippen LogP contribution >= 0.6 is 0 Å². The van der Waals surface area contributed by atoms with Crippen LogP contribution in [0.1, 0.15) is 18.4 Å². The van der Waals surface area contributed by atoms with Crippen molar-refractivity contribution in [3.63, 3.8) is 0 Å². The summed E-state index contributed by atoms with van der Waals surface area (Å²) in [4.78, 5) is 2.38. The van der Waals surface area contributed by atoms with E-state index < -0.39 is 0 Å². The third-order valence-corrected chi connectivity index (χ3v) is 3.09. The molecule has 0 aliphatic carbocycles. The Morgan fingerprint density at radius 2 is 1.83 bits per heavy atom. The van der Waals surface area contributed by atoms with Crippen LogP contribution in [0.15, 0.2) is 30.3 Å². The van der Waals surface area contributed by atoms with E-state index >= 15 is 0 Å². The van der Waals surface area contributed by atoms with Gasteiger partial charge in [0.2, 0.25) is 0 Å². The van der Waals surface area contributed by atoms with Crippen molar-refractivity contribution in [1.82, 2.24) is 4.90 Å². The molecule has 18 heavy (non-hydrogen) atoms. The van der Waals surface area contributed by atoms with Gasteiger partial charge in [-0.05, 0) is 31.4 Å². The van der Waals surface area contributed by atoms with Crippen molar-refractivity contribution in [2.75, 3.05) is 39.9 Å². The Labute approximate surface area is 111 Å². The highest BCUT2D eigenvalue weighted by atomic mass is 16.5. The SMILES string of the molecule is COCCN(CCN)CCCCc1ccccc1. The number of aryl methyl sites for hydroxylation is 1. The molecule has 1 aromatic rings. The third-order valence-electron chi connectivity index (χ3n) is 3.09. The van der Waals surface area contributed by atoms with E-state index in [1.54, 1.807) is 7.11 Å². The Morgan fingerprint density at radius 1 is 1.06 bits per heavy atom. The lowest BCUT2D eigenvalue weighted by Crippen LogP contribution is -2.33. The van der Waals surface area contributed by atoms with Gasteiger partial charge in [-0.15, -0.1) is 0 Å². The van der Waals surface area contributed by atoms with Crippen molar-refractivity contribution >= 4 is 0 Å². The molecule has 0 fully saturated rings. The normalized spacial score (nSPS) is 11.1. The monoisotopic (exact) mass is 250 g/mol. The largest absolute Gasteiger partial charge is 0.383 e. The summed E-state index contributed by atoms with van der Waals surface area (Å²) in [7, 11) is 1.75. The topological polar surface area (TPSA) is 38.5 Å². The minimum atomic E-state index is 0.725. The van der Waals surface area contributed by atoms with Crippen molar-refractivity contribution in [3.8, 4) is 0 Å². The zero-order chi connectivity index (χ0) is 13.1. The number of nitrogens with zero attached hydrogens (tertiary/aromatic N) is 1. The smallest absolute Gasteiger partial charge is 0.0589 e. The number of ether oxygens (including phenoxy) is 1. The molecule has 0 aromatic heterocycles. The first-order valence-corrected chi connectivity index (χ1v) is 6.82. The van der Waals surface area contributed by atoms with E-state index in [0.29, 0.717) is 0 Å². The van der Waals surface area contributed by atoms with Crippen LogP contribution in [-0.4, -0.2) is 44.8 Å². The summed E-state index contributed by atoms with van der Waals surface area (Å²) in [5.41, 5.74) is 7.04. The van der Waals surface area contributed by atoms with E-state index in [9.17, 15) is 0 Å². The van der Waals surface area contributed by atoms with E-state index in [0.717, 1.165) is 32.8 Å². The van der Waals surface area contributed by atoms with Crippen molar-refractivity contribution in [2.24, 2.45) is 5.73 Å². The van der Waals surface area contributed by atoms with E-state index in [1.165, 1.54) is 24.8 Å². The molecule has 0 aliphatic rings. The fourth-order valence-corrected chi connectivity index (χ4v) is 2.05. The van der Waals surface area contributed by atoms with Gasteiger partial charge in [-0.1, -0.05) is 30.3 Å². The molecule has 0 saturated heterocycles. The highest BCUT2D eigenvalue weighted by molar-refractivity contribution is 5.14. The molecule has 0 heterocycles. The predicted octanol–water partition coefficient (Wildman–Crippen LogP) is 1.92. The maximum absolute atomic E-state index is 5.61. The predicted molar refractivity (Wildman–Crippen MR) is 76.8 cm³/mol. The number of methoxy groups -OCH3 is 1. The fraction of sp³-hybridized carbons (Fsp3) is 0.600. The van der Waals surface area contributed by atoms with Crippen molar-refractivity contribution < 1.29 is 4.74 Å². The molecular weight excluding hydrogens is 224 g/mol. The van der Waals surface area contributed by atoms with Gasteiger partial charge in [-0.25, -0.2) is 0 Å². The summed E-state index contributed by atoms with van der Waals surface area (Å²) in [6, 6.07) is 10.7. The molecule has 1 aromatic carbocycles. The summed E-state index contributed by atoms with van der Waals surface area (Å²) in [5.74, 6) is 0. The lowest BCUT2D eigenvalue weighted by atomic mass is 10.1. The van der Waals surface area contributed by atoms with Crippen LogP contribution in [0.3, 0.4) is 0 Å². The Morgan fingerprint density at radius 3 is 2.50 bits per heavy atom. The molecule has 3 heteroatoms. The first-order chi connectivity index (χ1) is 8.86. The number of nitrogens with two attached hydrogens (primary N) is 1. The Hall–Kier alpha value is -0.900. The number of benzene rings is 1. The highest BCUT2D eigenvalue weighted by Gasteiger charge is 2.03. The second-order valence-electron chi connectivity index (χ2n) is 4.57. The van der Waals surface area contributed by atoms with Crippen molar-refractivity contribution in [1.29, 1.82) is 0 Å². The average Bonchev–Trinajstić information content (AvgIpc) is 2.42. The van der Waals surface area contributed by atoms with Gasteiger partial charge in [0, 0.05) is 26.7 Å². The second-order valence-corrected chi connectivity index (χ2v) is 4.57. The number of hydrogen-bond acceptors (Lipinski definition) is 3. The maximum atomic E-state index is 5.61. The van der Waals surface area contributed by atoms with Gasteiger partial charge in [0.05, 0.1) is 6.61 Å². The Kier molecular flexibility index (Phi) is 8.47. The third kappa shape index (κ3) is 6.74. The quantitative estimate of drug-likeness (QED) is 0.645. The molecule has 1 rings (SSSR count). The van der Waals surface area contributed by atoms with Crippen LogP contribution < -0.4 is 5.73 Å². The minimum Gasteiger partial charge on any atom is -0.383 e. The van der Waals surface area contributed by atoms with Gasteiger partial charge in [-0.3, -0.25) is 4.90 Å². The molecule has 0 bridgehead atoms. The Balaban J connectivity index is 2.14. The molecule has 0 spiro atoms. The van der Waals surface area contributed by atoms with Crippen LogP contribution in [0.2, 0.25) is 0 Å². The molecule has 0 unspecified atom stereocenters. The van der Waals surface area contributed by atoms with Gasteiger partial charge in [-0.2, -0.15) is 0 Å². The van der Waals surface area contributed by atoms with E-state index in [2.05, 4.69) is 35.2 Å². The summed E-state index contributed by atoms with van der Waals surface area (Å²) in [5, 5.41) is 0. The summed E-state index contributed by atoms with van der Waals surface area (Å²) < 4.78 is 5.11. The van der Waals surface area contributed by atoms with Crippen molar-refractivity contribution in [2.45, 2.75) is 19.3 Å². The maximum Gasteiger partial charge on any atom is 0.0589 e. The first-order valence-electron chi connectivity index (χ1n) is 6.82. The molecule has 0 radical (unpaired) electrons. The van der Waals surface area contributed by atoms with Gasteiger partial charge >= 0.3 is 0 Å². The lowest BCUT2D eigenvalue weighted by molar-refractivity contribution is 0.148. The van der Waals surface area contributed by atoms with Gasteiger partial charge < -0.3 is 10.5 Å². The molecule has 3 nitrogen and oxygen atoms in total. The van der Waals surface area contributed by atoms with Crippen LogP contribution in [-0.2, 0) is 11.2 Å². The number of rotatable bonds is 10. The molecular formula is C15H26N2O. The lowest BCUT2D eigenvalue weighted by Gasteiger charge is -2.20. The van der Waals surface area contributed by atoms with Crippen molar-refractivity contribution in [3.05, 3.63) is 35.9 Å². The molecule has 0 atom stereocenters. The summed E-state index contributed by atoms with van der Waals surface area (Å²) in [6.45, 7) is 4.59. The minimum absolute atomic E-state index is 0.725. The molecule has 0 aliphatic heterocycles. The Bertz CT molecular complexity index is 290. The van der Waals surface area contributed by atoms with Gasteiger partial charge in [0.25, 0.3) is 0 Å². The summed E-state index contributed by atoms with van der Waals surface area (Å²) in [6.07, 6.45) is 3.62. The van der Waals surface area contributed by atoms with Crippen LogP contribution in [0.25, 0.3) is 0 Å². The first kappa shape index (κ1) is 15.2. The zero-order valence-corrected chi connectivity index (χ0v) is 11.5. The van der Waals surface area contributed by atoms with Gasteiger partial charge in [0.1, 0.15) is 0 Å². The molecule has 102 valence electrons. The van der Waals surface area contributed by atoms with E-state index in [4.69, 9.17) is 10.5 Å². The van der Waals surface area contributed by atoms with Crippen LogP contribution in [0.4, 0.5) is 0 Å². The van der Waals surface area contributed by atoms with Crippen LogP contribution in [0.5, 0.6) is 0 Å². The fourth-order valence-electron chi connectivity index (χ4n) is 2.05. The molecule has 0 saturated carbocycles. The number of unbranched alkanes of at least 4 members (excludes halogenated alkanes) is 1. The zero-order valence-electron chi connectivity index (χ0n) is 11.5. The van der Waals surface area contributed by atoms with E-state index in [1.807, 2.05) is 0 Å². The summed E-state index contributed by atoms with van der Waals surface area (Å²) >= 11 is 0. The second kappa shape index (κ2) is 10.1. The number of hydrogen-bond donors (Lipinski definition) is 1. The van der Waals surface area contributed by atoms with Crippen LogP contribution in [0, 0.1) is 0 Å².